The zero-order chi connectivity index (χ0) is 22.4. The molecule has 2 heterocycles. The molecule has 31 heavy (non-hydrogen) atoms. The lowest BCUT2D eigenvalue weighted by atomic mass is 9.45. The second kappa shape index (κ2) is 6.83. The van der Waals surface area contributed by atoms with Crippen molar-refractivity contribution in [2.45, 2.75) is 122 Å². The molecule has 4 fully saturated rings. The Balaban J connectivity index is 1.51. The van der Waals surface area contributed by atoms with Crippen LogP contribution in [0.25, 0.3) is 0 Å². The van der Waals surface area contributed by atoms with Crippen molar-refractivity contribution in [2.24, 2.45) is 28.6 Å². The summed E-state index contributed by atoms with van der Waals surface area (Å²) in [4.78, 5) is 0. The number of hydrogen-bond acceptors (Lipinski definition) is 4. The van der Waals surface area contributed by atoms with Gasteiger partial charge in [-0.05, 0) is 102 Å². The van der Waals surface area contributed by atoms with Crippen LogP contribution in [0.3, 0.4) is 0 Å². The van der Waals surface area contributed by atoms with E-state index in [4.69, 9.17) is 18.6 Å². The van der Waals surface area contributed by atoms with Gasteiger partial charge in [-0.1, -0.05) is 13.8 Å². The largest absolute Gasteiger partial charge is 0.473 e. The zero-order valence-corrected chi connectivity index (χ0v) is 22.0. The van der Waals surface area contributed by atoms with Crippen molar-refractivity contribution in [3.63, 3.8) is 0 Å². The molecule has 2 aliphatic heterocycles. The molecule has 176 valence electrons. The van der Waals surface area contributed by atoms with Crippen molar-refractivity contribution in [3.8, 4) is 0 Å². The monoisotopic (exact) mass is 448 g/mol. The van der Waals surface area contributed by atoms with Crippen LogP contribution in [-0.2, 0) is 18.6 Å². The van der Waals surface area contributed by atoms with E-state index < -0.39 is 8.32 Å². The first-order valence-corrected chi connectivity index (χ1v) is 16.0. The van der Waals surface area contributed by atoms with Crippen LogP contribution < -0.4 is 0 Å². The van der Waals surface area contributed by atoms with Crippen molar-refractivity contribution in [1.29, 1.82) is 0 Å². The van der Waals surface area contributed by atoms with E-state index in [1.807, 2.05) is 6.26 Å². The molecule has 0 aromatic heterocycles. The van der Waals surface area contributed by atoms with Crippen LogP contribution in [0.2, 0.25) is 19.6 Å². The quantitative estimate of drug-likeness (QED) is 0.477. The maximum absolute atomic E-state index is 6.95. The summed E-state index contributed by atoms with van der Waals surface area (Å²) in [5, 5.41) is 0. The zero-order valence-electron chi connectivity index (χ0n) is 21.0. The van der Waals surface area contributed by atoms with E-state index in [-0.39, 0.29) is 34.4 Å². The average Bonchev–Trinajstić information content (AvgIpc) is 3.04. The standard InChI is InChI=1S/C26H44O4Si/c1-23(2,3)28-20-10-9-18-17-15-21(30-31(6,7)8)26-13-14-27-22(29-26)16-25(26,5)19(17)11-12-24(18,20)4/h13-14,17-22H,9-12,15-16H2,1-8H3/t17?,18?,19?,20-,21+,22+,24-,25+,26-/m0/s1. The molecule has 0 aromatic carbocycles. The minimum atomic E-state index is -1.73. The third-order valence-corrected chi connectivity index (χ3v) is 10.5. The van der Waals surface area contributed by atoms with Crippen molar-refractivity contribution in [3.05, 3.63) is 12.3 Å². The third-order valence-electron chi connectivity index (χ3n) is 9.48. The van der Waals surface area contributed by atoms with Crippen molar-refractivity contribution in [2.75, 3.05) is 0 Å². The van der Waals surface area contributed by atoms with Crippen molar-refractivity contribution in [1.82, 2.24) is 0 Å². The highest BCUT2D eigenvalue weighted by Gasteiger charge is 2.72. The van der Waals surface area contributed by atoms with Gasteiger partial charge in [0.05, 0.1) is 24.1 Å². The van der Waals surface area contributed by atoms with E-state index in [1.165, 1.54) is 25.7 Å². The van der Waals surface area contributed by atoms with Crippen LogP contribution in [-0.4, -0.2) is 38.0 Å². The van der Waals surface area contributed by atoms with Gasteiger partial charge in [-0.15, -0.1) is 0 Å². The van der Waals surface area contributed by atoms with Gasteiger partial charge >= 0.3 is 0 Å². The Kier molecular flexibility index (Phi) is 4.94. The molecule has 0 amide bonds. The Morgan fingerprint density at radius 3 is 2.42 bits per heavy atom. The second-order valence-electron chi connectivity index (χ2n) is 13.6. The van der Waals surface area contributed by atoms with Gasteiger partial charge in [0.2, 0.25) is 6.29 Å². The number of fused-ring (bicyclic) bond motifs is 5. The molecular weight excluding hydrogens is 404 g/mol. The molecule has 0 radical (unpaired) electrons. The van der Waals surface area contributed by atoms with Crippen molar-refractivity contribution < 1.29 is 18.6 Å². The maximum Gasteiger partial charge on any atom is 0.200 e. The SMILES string of the molecule is CC(C)(C)O[C@H]1CCC2C3C[C@@H](O[Si](C)(C)C)[C@@]45C=CO[C@@H](C[C@]4(C)C3CC[C@@]21C)O5. The van der Waals surface area contributed by atoms with Gasteiger partial charge in [0.15, 0.2) is 8.32 Å². The van der Waals surface area contributed by atoms with Gasteiger partial charge in [0.25, 0.3) is 0 Å². The Morgan fingerprint density at radius 2 is 1.74 bits per heavy atom. The van der Waals surface area contributed by atoms with Crippen LogP contribution in [0.15, 0.2) is 12.3 Å². The fourth-order valence-electron chi connectivity index (χ4n) is 8.39. The highest BCUT2D eigenvalue weighted by atomic mass is 28.4. The van der Waals surface area contributed by atoms with E-state index in [9.17, 15) is 0 Å². The van der Waals surface area contributed by atoms with E-state index in [2.05, 4.69) is 60.3 Å². The maximum atomic E-state index is 6.95. The molecule has 9 atom stereocenters. The Hall–Kier alpha value is -0.363. The summed E-state index contributed by atoms with van der Waals surface area (Å²) in [5.74, 6) is 2.06. The Bertz CT molecular complexity index is 753. The lowest BCUT2D eigenvalue weighted by molar-refractivity contribution is -0.229. The van der Waals surface area contributed by atoms with E-state index in [0.717, 1.165) is 12.8 Å². The van der Waals surface area contributed by atoms with Gasteiger partial charge < -0.3 is 18.6 Å². The van der Waals surface area contributed by atoms with Gasteiger partial charge in [-0.25, -0.2) is 0 Å². The van der Waals surface area contributed by atoms with Gasteiger partial charge in [0, 0.05) is 11.8 Å². The summed E-state index contributed by atoms with van der Waals surface area (Å²) in [6.07, 6.45) is 11.6. The fraction of sp³-hybridized carbons (Fsp3) is 0.923. The highest BCUT2D eigenvalue weighted by molar-refractivity contribution is 6.69. The number of rotatable bonds is 3. The molecule has 5 aliphatic rings. The summed E-state index contributed by atoms with van der Waals surface area (Å²) in [7, 11) is -1.73. The van der Waals surface area contributed by atoms with E-state index in [0.29, 0.717) is 23.9 Å². The van der Waals surface area contributed by atoms with Gasteiger partial charge in [-0.2, -0.15) is 0 Å². The first-order valence-electron chi connectivity index (χ1n) is 12.6. The topological polar surface area (TPSA) is 36.9 Å². The molecule has 1 spiro atoms. The molecule has 5 heteroatoms. The molecule has 3 unspecified atom stereocenters. The minimum Gasteiger partial charge on any atom is -0.473 e. The molecule has 1 saturated heterocycles. The Morgan fingerprint density at radius 1 is 1.00 bits per heavy atom. The molecule has 0 aromatic rings. The molecular formula is C26H44O4Si. The van der Waals surface area contributed by atoms with Crippen LogP contribution in [0.4, 0.5) is 0 Å². The molecule has 0 N–H and O–H groups in total. The molecule has 3 saturated carbocycles. The molecule has 5 rings (SSSR count). The van der Waals surface area contributed by atoms with Crippen LogP contribution in [0, 0.1) is 28.6 Å². The summed E-state index contributed by atoms with van der Waals surface area (Å²) in [6.45, 7) is 18.6. The van der Waals surface area contributed by atoms with Gasteiger partial charge in [0.1, 0.15) is 5.60 Å². The summed E-state index contributed by atoms with van der Waals surface area (Å²) in [5.41, 5.74) is -0.0584. The Labute approximate surface area is 190 Å². The second-order valence-corrected chi connectivity index (χ2v) is 18.0. The first-order chi connectivity index (χ1) is 14.3. The van der Waals surface area contributed by atoms with Crippen LogP contribution in [0.1, 0.15) is 73.1 Å². The average molecular weight is 449 g/mol. The summed E-state index contributed by atoms with van der Waals surface area (Å²) in [6, 6.07) is 0. The predicted octanol–water partition coefficient (Wildman–Crippen LogP) is 6.27. The van der Waals surface area contributed by atoms with Crippen LogP contribution in [0.5, 0.6) is 0 Å². The predicted molar refractivity (Wildman–Crippen MR) is 125 cm³/mol. The van der Waals surface area contributed by atoms with Gasteiger partial charge in [-0.3, -0.25) is 0 Å². The van der Waals surface area contributed by atoms with E-state index >= 15 is 0 Å². The fourth-order valence-corrected chi connectivity index (χ4v) is 9.51. The first kappa shape index (κ1) is 22.4. The van der Waals surface area contributed by atoms with E-state index in [1.54, 1.807) is 0 Å². The highest BCUT2D eigenvalue weighted by Crippen LogP contribution is 2.70. The lowest BCUT2D eigenvalue weighted by Gasteiger charge is -2.62. The van der Waals surface area contributed by atoms with Crippen molar-refractivity contribution >= 4 is 8.32 Å². The molecule has 3 aliphatic carbocycles. The summed E-state index contributed by atoms with van der Waals surface area (Å²) >= 11 is 0. The third kappa shape index (κ3) is 3.31. The summed E-state index contributed by atoms with van der Waals surface area (Å²) < 4.78 is 26.2. The molecule has 2 bridgehead atoms. The molecule has 4 nitrogen and oxygen atoms in total. The normalized spacial score (nSPS) is 51.1. The van der Waals surface area contributed by atoms with Crippen LogP contribution >= 0.6 is 0 Å². The number of ether oxygens (including phenoxy) is 3. The minimum absolute atomic E-state index is 0.0716. The smallest absolute Gasteiger partial charge is 0.200 e. The lowest BCUT2D eigenvalue weighted by Crippen LogP contribution is -2.65. The number of hydrogen-bond donors (Lipinski definition) is 0.